The van der Waals surface area contributed by atoms with Crippen LogP contribution in [-0.4, -0.2) is 4.93 Å². The summed E-state index contributed by atoms with van der Waals surface area (Å²) in [5.41, 5.74) is 1.50. The molecule has 0 radical (unpaired) electrons. The summed E-state index contributed by atoms with van der Waals surface area (Å²) in [5, 5.41) is 0. The highest BCUT2D eigenvalue weighted by Crippen LogP contribution is 2.08. The molecule has 0 bridgehead atoms. The molecule has 0 spiro atoms. The fourth-order valence-electron chi connectivity index (χ4n) is 0.723. The Labute approximate surface area is 71.2 Å². The Balaban J connectivity index is 0.000000291. The van der Waals surface area contributed by atoms with Crippen molar-refractivity contribution in [3.8, 4) is 0 Å². The average Bonchev–Trinajstić information content (AvgIpc) is 1.94. The molecule has 0 aromatic heterocycles. The summed E-state index contributed by atoms with van der Waals surface area (Å²) in [5.74, 6) is 0. The molecule has 0 amide bonds. The third kappa shape index (κ3) is 4.70. The van der Waals surface area contributed by atoms with Crippen molar-refractivity contribution in [2.24, 2.45) is 0 Å². The second kappa shape index (κ2) is 6.33. The molecule has 0 aromatic rings. The van der Waals surface area contributed by atoms with Gasteiger partial charge < -0.3 is 0 Å². The van der Waals surface area contributed by atoms with Gasteiger partial charge in [-0.25, -0.2) is 0 Å². The van der Waals surface area contributed by atoms with Crippen LogP contribution in [0.15, 0.2) is 23.8 Å². The maximum Gasteiger partial charge on any atom is -0.0121 e. The fourth-order valence-corrected chi connectivity index (χ4v) is 0.723. The Hall–Kier alpha value is 0.210. The average molecular weight is 236 g/mol. The highest BCUT2D eigenvalue weighted by molar-refractivity contribution is 14.1. The number of hydrogen-bond acceptors (Lipinski definition) is 0. The molecule has 0 aromatic carbocycles. The molecule has 0 unspecified atom stereocenters. The van der Waals surface area contributed by atoms with E-state index in [2.05, 4.69) is 47.7 Å². The van der Waals surface area contributed by atoms with Gasteiger partial charge in [-0.05, 0) is 24.7 Å². The summed E-state index contributed by atoms with van der Waals surface area (Å²) < 4.78 is 0. The summed E-state index contributed by atoms with van der Waals surface area (Å²) in [4.78, 5) is 1.97. The van der Waals surface area contributed by atoms with E-state index < -0.39 is 0 Å². The van der Waals surface area contributed by atoms with Crippen LogP contribution in [0.5, 0.6) is 0 Å². The van der Waals surface area contributed by atoms with Gasteiger partial charge in [0, 0.05) is 0 Å². The van der Waals surface area contributed by atoms with Crippen LogP contribution < -0.4 is 0 Å². The minimum Gasteiger partial charge on any atom is -0.0901 e. The van der Waals surface area contributed by atoms with Crippen LogP contribution in [0.1, 0.15) is 19.8 Å². The molecule has 0 atom stereocenters. The normalized spacial score (nSPS) is 15.7. The molecule has 0 saturated carbocycles. The van der Waals surface area contributed by atoms with Gasteiger partial charge in [0.15, 0.2) is 0 Å². The largest absolute Gasteiger partial charge is 0.0901 e. The first kappa shape index (κ1) is 9.21. The van der Waals surface area contributed by atoms with E-state index in [0.29, 0.717) is 0 Å². The van der Waals surface area contributed by atoms with E-state index in [1.165, 1.54) is 18.4 Å². The molecule has 0 N–H and O–H groups in total. The highest BCUT2D eigenvalue weighted by Gasteiger charge is 1.88. The SMILES string of the molecule is CC1=CC=CCC1.CI. The van der Waals surface area contributed by atoms with Crippen molar-refractivity contribution in [2.75, 3.05) is 4.93 Å². The Morgan fingerprint density at radius 2 is 2.11 bits per heavy atom. The summed E-state index contributed by atoms with van der Waals surface area (Å²) in [6.07, 6.45) is 8.99. The summed E-state index contributed by atoms with van der Waals surface area (Å²) in [6, 6.07) is 0. The molecule has 9 heavy (non-hydrogen) atoms. The van der Waals surface area contributed by atoms with Gasteiger partial charge in [0.05, 0.1) is 0 Å². The van der Waals surface area contributed by atoms with Crippen LogP contribution in [0.2, 0.25) is 0 Å². The predicted molar refractivity (Wildman–Crippen MR) is 52.1 cm³/mol. The first-order valence-corrected chi connectivity index (χ1v) is 5.25. The van der Waals surface area contributed by atoms with Crippen LogP contribution in [0.3, 0.4) is 0 Å². The van der Waals surface area contributed by atoms with Gasteiger partial charge >= 0.3 is 0 Å². The van der Waals surface area contributed by atoms with E-state index in [4.69, 9.17) is 0 Å². The number of alkyl halides is 1. The van der Waals surface area contributed by atoms with Crippen molar-refractivity contribution in [3.05, 3.63) is 23.8 Å². The third-order valence-corrected chi connectivity index (χ3v) is 1.22. The van der Waals surface area contributed by atoms with E-state index in [1.807, 2.05) is 4.93 Å². The molecule has 1 rings (SSSR count). The second-order valence-electron chi connectivity index (χ2n) is 1.98. The van der Waals surface area contributed by atoms with Gasteiger partial charge in [-0.2, -0.15) is 0 Å². The topological polar surface area (TPSA) is 0 Å². The zero-order chi connectivity index (χ0) is 7.11. The summed E-state index contributed by atoms with van der Waals surface area (Å²) in [7, 11) is 0. The lowest BCUT2D eigenvalue weighted by Crippen LogP contribution is -1.78. The van der Waals surface area contributed by atoms with Crippen LogP contribution >= 0.6 is 22.6 Å². The molecule has 0 saturated heterocycles. The number of hydrogen-bond donors (Lipinski definition) is 0. The molecule has 1 aliphatic rings. The lowest BCUT2D eigenvalue weighted by molar-refractivity contribution is 0.962. The summed E-state index contributed by atoms with van der Waals surface area (Å²) in [6.45, 7) is 2.17. The Kier molecular flexibility index (Phi) is 6.48. The van der Waals surface area contributed by atoms with Gasteiger partial charge in [0.1, 0.15) is 0 Å². The highest BCUT2D eigenvalue weighted by atomic mass is 127. The van der Waals surface area contributed by atoms with E-state index in [1.54, 1.807) is 0 Å². The lowest BCUT2D eigenvalue weighted by atomic mass is 10.1. The van der Waals surface area contributed by atoms with Crippen molar-refractivity contribution in [1.82, 2.24) is 0 Å². The molecule has 0 heterocycles. The fraction of sp³-hybridized carbons (Fsp3) is 0.500. The second-order valence-corrected chi connectivity index (χ2v) is 1.98. The van der Waals surface area contributed by atoms with Gasteiger partial charge in [-0.1, -0.05) is 46.4 Å². The maximum atomic E-state index is 2.20. The molecule has 0 aliphatic heterocycles. The van der Waals surface area contributed by atoms with Crippen LogP contribution in [0.4, 0.5) is 0 Å². The van der Waals surface area contributed by atoms with E-state index in [0.717, 1.165) is 0 Å². The van der Waals surface area contributed by atoms with Crippen molar-refractivity contribution < 1.29 is 0 Å². The monoisotopic (exact) mass is 236 g/mol. The quantitative estimate of drug-likeness (QED) is 0.447. The van der Waals surface area contributed by atoms with Gasteiger partial charge in [0.2, 0.25) is 0 Å². The van der Waals surface area contributed by atoms with E-state index in [9.17, 15) is 0 Å². The molecule has 0 fully saturated rings. The van der Waals surface area contributed by atoms with Crippen molar-refractivity contribution in [2.45, 2.75) is 19.8 Å². The molecule has 0 nitrogen and oxygen atoms in total. The first-order valence-electron chi connectivity index (χ1n) is 3.10. The predicted octanol–water partition coefficient (Wildman–Crippen LogP) is 3.33. The molecule has 52 valence electrons. The number of rotatable bonds is 0. The van der Waals surface area contributed by atoms with Crippen molar-refractivity contribution >= 4 is 22.6 Å². The molecule has 1 aliphatic carbocycles. The zero-order valence-electron chi connectivity index (χ0n) is 6.02. The first-order chi connectivity index (χ1) is 4.39. The smallest absolute Gasteiger partial charge is 0.0121 e. The van der Waals surface area contributed by atoms with Crippen LogP contribution in [-0.2, 0) is 0 Å². The maximum absolute atomic E-state index is 2.20. The minimum absolute atomic E-state index is 1.24. The Morgan fingerprint density at radius 1 is 1.44 bits per heavy atom. The van der Waals surface area contributed by atoms with Crippen molar-refractivity contribution in [3.63, 3.8) is 0 Å². The standard InChI is InChI=1S/C7H10.CH3I/c1-7-5-3-2-4-6-7;1-2/h2-3,5H,4,6H2,1H3;1H3. The molecular formula is C8H13I. The van der Waals surface area contributed by atoms with Crippen LogP contribution in [0, 0.1) is 0 Å². The Bertz CT molecular complexity index is 112. The summed E-state index contributed by atoms with van der Waals surface area (Å²) >= 11 is 2.15. The molecule has 1 heteroatoms. The molecular weight excluding hydrogens is 223 g/mol. The van der Waals surface area contributed by atoms with Gasteiger partial charge in [-0.3, -0.25) is 0 Å². The van der Waals surface area contributed by atoms with E-state index in [-0.39, 0.29) is 0 Å². The minimum atomic E-state index is 1.24. The zero-order valence-corrected chi connectivity index (χ0v) is 8.18. The Morgan fingerprint density at radius 3 is 2.33 bits per heavy atom. The van der Waals surface area contributed by atoms with Gasteiger partial charge in [-0.15, -0.1) is 0 Å². The number of halogens is 1. The van der Waals surface area contributed by atoms with Crippen molar-refractivity contribution in [1.29, 1.82) is 0 Å². The third-order valence-electron chi connectivity index (χ3n) is 1.22. The lowest BCUT2D eigenvalue weighted by Gasteiger charge is -1.98. The van der Waals surface area contributed by atoms with Gasteiger partial charge in [0.25, 0.3) is 0 Å². The number of allylic oxidation sites excluding steroid dienone is 4. The van der Waals surface area contributed by atoms with E-state index >= 15 is 0 Å². The van der Waals surface area contributed by atoms with Crippen LogP contribution in [0.25, 0.3) is 0 Å².